The average molecular weight is 190 g/mol. The van der Waals surface area contributed by atoms with E-state index in [9.17, 15) is 5.11 Å². The molecule has 3 aliphatic rings. The molecule has 0 spiro atoms. The molecule has 0 saturated carbocycles. The molecule has 0 unspecified atom stereocenters. The Labute approximate surface area is 83.4 Å². The Kier molecular flexibility index (Phi) is 1.82. The van der Waals surface area contributed by atoms with Gasteiger partial charge < -0.3 is 5.11 Å². The van der Waals surface area contributed by atoms with Crippen LogP contribution in [-0.2, 0) is 0 Å². The minimum Gasteiger partial charge on any atom is -0.377 e. The van der Waals surface area contributed by atoms with Gasteiger partial charge in [0.05, 0.1) is 5.92 Å². The molecule has 74 valence electrons. The quantitative estimate of drug-likeness (QED) is 0.616. The van der Waals surface area contributed by atoms with E-state index in [2.05, 4.69) is 9.89 Å². The molecule has 0 aromatic heterocycles. The molecule has 3 rings (SSSR count). The largest absolute Gasteiger partial charge is 0.377 e. The summed E-state index contributed by atoms with van der Waals surface area (Å²) in [7, 11) is 0. The minimum absolute atomic E-state index is 0.0920. The zero-order chi connectivity index (χ0) is 9.54. The van der Waals surface area contributed by atoms with Crippen LogP contribution < -0.4 is 0 Å². The molecule has 0 aromatic rings. The van der Waals surface area contributed by atoms with Crippen molar-refractivity contribution in [2.45, 2.75) is 25.2 Å². The molecular weight excluding hydrogens is 176 g/mol. The second-order valence-corrected chi connectivity index (χ2v) is 4.10. The first-order chi connectivity index (χ1) is 6.86. The van der Waals surface area contributed by atoms with E-state index in [1.807, 2.05) is 24.3 Å². The maximum atomic E-state index is 10.1. The van der Waals surface area contributed by atoms with Crippen molar-refractivity contribution in [3.63, 3.8) is 0 Å². The van der Waals surface area contributed by atoms with Crippen LogP contribution in [0.4, 0.5) is 0 Å². The molecule has 2 heterocycles. The maximum Gasteiger partial charge on any atom is 0.121 e. The summed E-state index contributed by atoms with van der Waals surface area (Å²) in [6.07, 6.45) is 10.1. The Morgan fingerprint density at radius 1 is 1.43 bits per heavy atom. The lowest BCUT2D eigenvalue weighted by molar-refractivity contribution is -0.0240. The van der Waals surface area contributed by atoms with Crippen molar-refractivity contribution in [1.82, 2.24) is 4.90 Å². The van der Waals surface area contributed by atoms with E-state index in [-0.39, 0.29) is 18.3 Å². The fourth-order valence-electron chi connectivity index (χ4n) is 2.53. The summed E-state index contributed by atoms with van der Waals surface area (Å²) in [4.78, 5) is 6.77. The number of fused-ring (bicyclic) bond motifs is 2. The van der Waals surface area contributed by atoms with E-state index < -0.39 is 0 Å². The second-order valence-electron chi connectivity index (χ2n) is 4.10. The lowest BCUT2D eigenvalue weighted by Crippen LogP contribution is -2.49. The predicted octanol–water partition coefficient (Wildman–Crippen LogP) is 0.923. The van der Waals surface area contributed by atoms with Gasteiger partial charge in [0.1, 0.15) is 12.4 Å². The van der Waals surface area contributed by atoms with Crippen molar-refractivity contribution in [2.24, 2.45) is 10.9 Å². The maximum absolute atomic E-state index is 10.1. The van der Waals surface area contributed by atoms with E-state index in [1.165, 1.54) is 0 Å². The number of aliphatic imine (C=N–C) groups is 1. The van der Waals surface area contributed by atoms with Crippen LogP contribution in [0.1, 0.15) is 12.8 Å². The van der Waals surface area contributed by atoms with Crippen molar-refractivity contribution < 1.29 is 5.11 Å². The number of allylic oxidation sites excluding steroid dienone is 3. The van der Waals surface area contributed by atoms with Crippen LogP contribution in [0.5, 0.6) is 0 Å². The fourth-order valence-corrected chi connectivity index (χ4v) is 2.53. The number of aliphatic hydroxyl groups is 1. The average Bonchev–Trinajstić information content (AvgIpc) is 2.66. The third-order valence-corrected chi connectivity index (χ3v) is 3.26. The van der Waals surface area contributed by atoms with E-state index in [0.29, 0.717) is 0 Å². The highest BCUT2D eigenvalue weighted by molar-refractivity contribution is 6.00. The Morgan fingerprint density at radius 2 is 2.36 bits per heavy atom. The number of nitrogens with zero attached hydrogens (tertiary/aromatic N) is 2. The first-order valence-electron chi connectivity index (χ1n) is 5.22. The number of rotatable bonds is 0. The molecule has 0 bridgehead atoms. The van der Waals surface area contributed by atoms with Crippen LogP contribution in [0.15, 0.2) is 29.3 Å². The van der Waals surface area contributed by atoms with Crippen LogP contribution in [0.25, 0.3) is 0 Å². The molecule has 1 saturated heterocycles. The van der Waals surface area contributed by atoms with Crippen LogP contribution in [0.2, 0.25) is 0 Å². The molecule has 3 atom stereocenters. The SMILES string of the molecule is O[C@@H]1[C@H]2C=CC=CC2=N[C@H]2CCCN21. The highest BCUT2D eigenvalue weighted by Crippen LogP contribution is 2.31. The van der Waals surface area contributed by atoms with Crippen LogP contribution in [0, 0.1) is 5.92 Å². The van der Waals surface area contributed by atoms with Crippen molar-refractivity contribution in [1.29, 1.82) is 0 Å². The first kappa shape index (κ1) is 8.38. The molecule has 2 aliphatic heterocycles. The lowest BCUT2D eigenvalue weighted by Gasteiger charge is -2.37. The summed E-state index contributed by atoms with van der Waals surface area (Å²) in [5.41, 5.74) is 1.04. The van der Waals surface area contributed by atoms with Gasteiger partial charge in [-0.05, 0) is 18.9 Å². The van der Waals surface area contributed by atoms with E-state index >= 15 is 0 Å². The van der Waals surface area contributed by atoms with Crippen LogP contribution in [0.3, 0.4) is 0 Å². The van der Waals surface area contributed by atoms with Crippen LogP contribution >= 0.6 is 0 Å². The van der Waals surface area contributed by atoms with Gasteiger partial charge >= 0.3 is 0 Å². The van der Waals surface area contributed by atoms with Crippen molar-refractivity contribution in [3.8, 4) is 0 Å². The van der Waals surface area contributed by atoms with Gasteiger partial charge in [-0.15, -0.1) is 0 Å². The van der Waals surface area contributed by atoms with Crippen molar-refractivity contribution in [2.75, 3.05) is 6.54 Å². The van der Waals surface area contributed by atoms with Gasteiger partial charge in [0.2, 0.25) is 0 Å². The summed E-state index contributed by atoms with van der Waals surface area (Å²) in [6, 6.07) is 0. The molecule has 3 nitrogen and oxygen atoms in total. The highest BCUT2D eigenvalue weighted by Gasteiger charge is 2.39. The van der Waals surface area contributed by atoms with Gasteiger partial charge in [-0.1, -0.05) is 18.2 Å². The normalized spacial score (nSPS) is 40.6. The summed E-state index contributed by atoms with van der Waals surface area (Å²) >= 11 is 0. The summed E-state index contributed by atoms with van der Waals surface area (Å²) in [5.74, 6) is 0.0920. The van der Waals surface area contributed by atoms with E-state index in [4.69, 9.17) is 0 Å². The van der Waals surface area contributed by atoms with Gasteiger partial charge in [-0.2, -0.15) is 0 Å². The smallest absolute Gasteiger partial charge is 0.121 e. The Balaban J connectivity index is 1.99. The van der Waals surface area contributed by atoms with Gasteiger partial charge in [0, 0.05) is 12.3 Å². The molecule has 3 heteroatoms. The number of aliphatic hydroxyl groups excluding tert-OH is 1. The Bertz CT molecular complexity index is 332. The molecule has 0 amide bonds. The third kappa shape index (κ3) is 1.09. The molecule has 1 N–H and O–H groups in total. The van der Waals surface area contributed by atoms with Crippen LogP contribution in [-0.4, -0.2) is 34.7 Å². The van der Waals surface area contributed by atoms with E-state index in [0.717, 1.165) is 25.1 Å². The fraction of sp³-hybridized carbons (Fsp3) is 0.545. The van der Waals surface area contributed by atoms with Gasteiger partial charge in [-0.25, -0.2) is 0 Å². The molecule has 0 aromatic carbocycles. The molecular formula is C11H14N2O. The highest BCUT2D eigenvalue weighted by atomic mass is 16.3. The minimum atomic E-state index is -0.365. The second kappa shape index (κ2) is 3.04. The molecule has 0 radical (unpaired) electrons. The molecule has 1 fully saturated rings. The monoisotopic (exact) mass is 190 g/mol. The van der Waals surface area contributed by atoms with Crippen molar-refractivity contribution in [3.05, 3.63) is 24.3 Å². The summed E-state index contributed by atoms with van der Waals surface area (Å²) in [6.45, 7) is 0.983. The lowest BCUT2D eigenvalue weighted by atomic mass is 9.94. The summed E-state index contributed by atoms with van der Waals surface area (Å²) < 4.78 is 0. The standard InChI is InChI=1S/C11H14N2O/c14-11-8-4-1-2-5-9(8)12-10-6-3-7-13(10)11/h1-2,4-5,8,10-11,14H,3,6-7H2/t8-,10+,11+/m0/s1. The zero-order valence-corrected chi connectivity index (χ0v) is 8.00. The first-order valence-corrected chi connectivity index (χ1v) is 5.22. The zero-order valence-electron chi connectivity index (χ0n) is 8.00. The predicted molar refractivity (Wildman–Crippen MR) is 54.9 cm³/mol. The van der Waals surface area contributed by atoms with Gasteiger partial charge in [-0.3, -0.25) is 9.89 Å². The van der Waals surface area contributed by atoms with Gasteiger partial charge in [0.15, 0.2) is 0 Å². The van der Waals surface area contributed by atoms with Crippen molar-refractivity contribution >= 4 is 5.71 Å². The Morgan fingerprint density at radius 3 is 3.29 bits per heavy atom. The van der Waals surface area contributed by atoms with Gasteiger partial charge in [0.25, 0.3) is 0 Å². The van der Waals surface area contributed by atoms with E-state index in [1.54, 1.807) is 0 Å². The topological polar surface area (TPSA) is 35.8 Å². The Hall–Kier alpha value is -0.930. The molecule has 1 aliphatic carbocycles. The third-order valence-electron chi connectivity index (χ3n) is 3.26. The molecule has 14 heavy (non-hydrogen) atoms. The summed E-state index contributed by atoms with van der Waals surface area (Å²) in [5, 5.41) is 10.1. The number of hydrogen-bond donors (Lipinski definition) is 1. The number of hydrogen-bond acceptors (Lipinski definition) is 3.